The van der Waals surface area contributed by atoms with Crippen LogP contribution in [-0.2, 0) is 11.3 Å². The standard InChI is InChI=1S/C27H24O5/c1-17(2)31-27(29)21-14-10-19(11-15-21)16-30-26-24(28)22-6-4-5-7-23(22)32-25(26)20-12-8-18(3)9-13-20/h4-15,17H,16H2,1-3H3. The van der Waals surface area contributed by atoms with Crippen molar-refractivity contribution in [1.82, 2.24) is 0 Å². The molecule has 4 aromatic rings. The van der Waals surface area contributed by atoms with Crippen LogP contribution in [0.3, 0.4) is 0 Å². The first kappa shape index (κ1) is 21.4. The van der Waals surface area contributed by atoms with Crippen LogP contribution in [0.15, 0.2) is 82.0 Å². The summed E-state index contributed by atoms with van der Waals surface area (Å²) in [5.74, 6) is 0.186. The first-order valence-electron chi connectivity index (χ1n) is 10.5. The van der Waals surface area contributed by atoms with Gasteiger partial charge in [-0.15, -0.1) is 0 Å². The minimum atomic E-state index is -0.371. The maximum absolute atomic E-state index is 13.2. The van der Waals surface area contributed by atoms with Gasteiger partial charge in [-0.25, -0.2) is 4.79 Å². The highest BCUT2D eigenvalue weighted by molar-refractivity contribution is 5.89. The molecule has 3 aromatic carbocycles. The average molecular weight is 428 g/mol. The van der Waals surface area contributed by atoms with Crippen LogP contribution in [-0.4, -0.2) is 12.1 Å². The van der Waals surface area contributed by atoms with Crippen molar-refractivity contribution in [3.05, 3.63) is 99.7 Å². The summed E-state index contributed by atoms with van der Waals surface area (Å²) in [6.07, 6.45) is -0.183. The van der Waals surface area contributed by atoms with Gasteiger partial charge in [-0.2, -0.15) is 0 Å². The van der Waals surface area contributed by atoms with E-state index in [-0.39, 0.29) is 29.9 Å². The van der Waals surface area contributed by atoms with Crippen molar-refractivity contribution in [3.8, 4) is 17.1 Å². The smallest absolute Gasteiger partial charge is 0.338 e. The summed E-state index contributed by atoms with van der Waals surface area (Å²) >= 11 is 0. The zero-order valence-electron chi connectivity index (χ0n) is 18.3. The number of hydrogen-bond donors (Lipinski definition) is 0. The fourth-order valence-electron chi connectivity index (χ4n) is 3.33. The minimum absolute atomic E-state index is 0.154. The maximum Gasteiger partial charge on any atom is 0.338 e. The number of fused-ring (bicyclic) bond motifs is 1. The monoisotopic (exact) mass is 428 g/mol. The van der Waals surface area contributed by atoms with Gasteiger partial charge in [0, 0.05) is 5.56 Å². The van der Waals surface area contributed by atoms with Crippen LogP contribution in [0.4, 0.5) is 0 Å². The van der Waals surface area contributed by atoms with Gasteiger partial charge in [0.25, 0.3) is 0 Å². The molecule has 0 N–H and O–H groups in total. The Labute approximate surface area is 186 Å². The summed E-state index contributed by atoms with van der Waals surface area (Å²) in [6, 6.07) is 21.8. The van der Waals surface area contributed by atoms with Crippen molar-refractivity contribution in [2.75, 3.05) is 0 Å². The third kappa shape index (κ3) is 4.57. The summed E-state index contributed by atoms with van der Waals surface area (Å²) in [5.41, 5.74) is 3.44. The largest absolute Gasteiger partial charge is 0.481 e. The molecule has 4 rings (SSSR count). The molecule has 0 aliphatic heterocycles. The highest BCUT2D eigenvalue weighted by atomic mass is 16.5. The van der Waals surface area contributed by atoms with Gasteiger partial charge in [0.15, 0.2) is 5.76 Å². The van der Waals surface area contributed by atoms with Gasteiger partial charge < -0.3 is 13.9 Å². The fourth-order valence-corrected chi connectivity index (χ4v) is 3.33. The van der Waals surface area contributed by atoms with Gasteiger partial charge in [0.05, 0.1) is 17.1 Å². The topological polar surface area (TPSA) is 65.7 Å². The number of carbonyl (C=O) groups excluding carboxylic acids is 1. The lowest BCUT2D eigenvalue weighted by atomic mass is 10.1. The summed E-state index contributed by atoms with van der Waals surface area (Å²) in [7, 11) is 0. The molecule has 1 aromatic heterocycles. The second-order valence-electron chi connectivity index (χ2n) is 7.89. The van der Waals surface area contributed by atoms with Gasteiger partial charge in [-0.1, -0.05) is 54.1 Å². The molecule has 0 saturated heterocycles. The lowest BCUT2D eigenvalue weighted by Crippen LogP contribution is -2.12. The van der Waals surface area contributed by atoms with E-state index in [4.69, 9.17) is 13.9 Å². The Morgan fingerprint density at radius 2 is 1.62 bits per heavy atom. The van der Waals surface area contributed by atoms with E-state index in [1.54, 1.807) is 56.3 Å². The fraction of sp³-hybridized carbons (Fsp3) is 0.185. The number of benzene rings is 3. The van der Waals surface area contributed by atoms with Crippen LogP contribution in [0, 0.1) is 6.92 Å². The second-order valence-corrected chi connectivity index (χ2v) is 7.89. The van der Waals surface area contributed by atoms with E-state index in [1.807, 2.05) is 37.3 Å². The number of carbonyl (C=O) groups is 1. The Morgan fingerprint density at radius 3 is 2.31 bits per heavy atom. The van der Waals surface area contributed by atoms with Gasteiger partial charge in [0.2, 0.25) is 11.2 Å². The zero-order valence-corrected chi connectivity index (χ0v) is 18.3. The number of aryl methyl sites for hydroxylation is 1. The molecule has 0 radical (unpaired) electrons. The maximum atomic E-state index is 13.2. The Balaban J connectivity index is 1.66. The van der Waals surface area contributed by atoms with Crippen LogP contribution in [0.25, 0.3) is 22.3 Å². The lowest BCUT2D eigenvalue weighted by Gasteiger charge is -2.12. The van der Waals surface area contributed by atoms with Crippen molar-refractivity contribution in [2.45, 2.75) is 33.5 Å². The molecule has 0 saturated carbocycles. The molecule has 0 fully saturated rings. The molecule has 0 unspecified atom stereocenters. The molecule has 0 aliphatic carbocycles. The van der Waals surface area contributed by atoms with Crippen molar-refractivity contribution in [1.29, 1.82) is 0 Å². The highest BCUT2D eigenvalue weighted by Crippen LogP contribution is 2.31. The van der Waals surface area contributed by atoms with Crippen LogP contribution in [0.5, 0.6) is 5.75 Å². The van der Waals surface area contributed by atoms with Crippen molar-refractivity contribution < 1.29 is 18.7 Å². The molecular weight excluding hydrogens is 404 g/mol. The quantitative estimate of drug-likeness (QED) is 0.357. The SMILES string of the molecule is Cc1ccc(-c2oc3ccccc3c(=O)c2OCc2ccc(C(=O)OC(C)C)cc2)cc1. The van der Waals surface area contributed by atoms with E-state index in [1.165, 1.54) is 0 Å². The molecule has 1 heterocycles. The lowest BCUT2D eigenvalue weighted by molar-refractivity contribution is 0.0378. The molecule has 5 heteroatoms. The molecule has 162 valence electrons. The summed E-state index contributed by atoms with van der Waals surface area (Å²) < 4.78 is 17.3. The Hall–Kier alpha value is -3.86. The van der Waals surface area contributed by atoms with E-state index in [0.717, 1.165) is 16.7 Å². The first-order valence-corrected chi connectivity index (χ1v) is 10.5. The van der Waals surface area contributed by atoms with Crippen LogP contribution in [0.2, 0.25) is 0 Å². The number of rotatable bonds is 6. The van der Waals surface area contributed by atoms with E-state index < -0.39 is 0 Å². The highest BCUT2D eigenvalue weighted by Gasteiger charge is 2.18. The summed E-state index contributed by atoms with van der Waals surface area (Å²) in [6.45, 7) is 5.77. The second kappa shape index (κ2) is 9.10. The van der Waals surface area contributed by atoms with Crippen LogP contribution < -0.4 is 10.2 Å². The summed E-state index contributed by atoms with van der Waals surface area (Å²) in [4.78, 5) is 25.2. The average Bonchev–Trinajstić information content (AvgIpc) is 2.79. The van der Waals surface area contributed by atoms with Crippen LogP contribution in [0.1, 0.15) is 35.3 Å². The number of hydrogen-bond acceptors (Lipinski definition) is 5. The molecule has 0 bridgehead atoms. The Bertz CT molecular complexity index is 1300. The number of ether oxygens (including phenoxy) is 2. The van der Waals surface area contributed by atoms with Gasteiger partial charge >= 0.3 is 5.97 Å². The van der Waals surface area contributed by atoms with E-state index in [2.05, 4.69) is 0 Å². The predicted molar refractivity (Wildman–Crippen MR) is 124 cm³/mol. The Kier molecular flexibility index (Phi) is 6.08. The first-order chi connectivity index (χ1) is 15.4. The van der Waals surface area contributed by atoms with Crippen molar-refractivity contribution in [2.24, 2.45) is 0 Å². The van der Waals surface area contributed by atoms with Gasteiger partial charge in [-0.3, -0.25) is 4.79 Å². The Morgan fingerprint density at radius 1 is 0.938 bits per heavy atom. The molecule has 5 nitrogen and oxygen atoms in total. The third-order valence-corrected chi connectivity index (χ3v) is 4.99. The van der Waals surface area contributed by atoms with E-state index in [0.29, 0.717) is 22.3 Å². The van der Waals surface area contributed by atoms with Crippen molar-refractivity contribution >= 4 is 16.9 Å². The molecule has 0 amide bonds. The normalized spacial score (nSPS) is 11.0. The van der Waals surface area contributed by atoms with Crippen LogP contribution >= 0.6 is 0 Å². The molecule has 0 atom stereocenters. The minimum Gasteiger partial charge on any atom is -0.481 e. The third-order valence-electron chi connectivity index (χ3n) is 4.99. The van der Waals surface area contributed by atoms with E-state index >= 15 is 0 Å². The van der Waals surface area contributed by atoms with Gasteiger partial charge in [0.1, 0.15) is 12.2 Å². The molecular formula is C27H24O5. The zero-order chi connectivity index (χ0) is 22.7. The predicted octanol–water partition coefficient (Wildman–Crippen LogP) is 5.91. The van der Waals surface area contributed by atoms with Gasteiger partial charge in [-0.05, 0) is 50.6 Å². The number of esters is 1. The molecule has 0 aliphatic rings. The van der Waals surface area contributed by atoms with Crippen molar-refractivity contribution in [3.63, 3.8) is 0 Å². The number of para-hydroxylation sites is 1. The summed E-state index contributed by atoms with van der Waals surface area (Å²) in [5, 5.41) is 0.463. The molecule has 0 spiro atoms. The van der Waals surface area contributed by atoms with E-state index in [9.17, 15) is 9.59 Å². The molecule has 32 heavy (non-hydrogen) atoms.